The molecule has 6 heteroatoms. The number of amides is 2. The first-order valence-corrected chi connectivity index (χ1v) is 12.3. The largest absolute Gasteiger partial charge is 0.415 e. The summed E-state index contributed by atoms with van der Waals surface area (Å²) in [7, 11) is 0. The number of hydrogen-bond acceptors (Lipinski definition) is 3. The number of carbonyl (C=O) groups is 2. The highest BCUT2D eigenvalue weighted by Gasteiger charge is 2.22. The van der Waals surface area contributed by atoms with Crippen LogP contribution < -0.4 is 10.1 Å². The first kappa shape index (κ1) is 25.3. The van der Waals surface area contributed by atoms with Crippen LogP contribution in [-0.4, -0.2) is 34.6 Å². The van der Waals surface area contributed by atoms with E-state index in [1.54, 1.807) is 11.0 Å². The molecule has 1 aromatic heterocycles. The Bertz CT molecular complexity index is 1140. The normalized spacial score (nSPS) is 11.1. The molecule has 1 N–H and O–H groups in total. The van der Waals surface area contributed by atoms with Crippen LogP contribution in [0.3, 0.4) is 0 Å². The molecule has 0 aliphatic rings. The maximum Gasteiger partial charge on any atom is 0.415 e. The van der Waals surface area contributed by atoms with Crippen molar-refractivity contribution in [1.29, 1.82) is 0 Å². The quantitative estimate of drug-likeness (QED) is 0.393. The highest BCUT2D eigenvalue weighted by molar-refractivity contribution is 6.05. The number of fused-ring (bicyclic) bond motifs is 1. The number of rotatable bonds is 9. The predicted molar refractivity (Wildman–Crippen MR) is 139 cm³/mol. The first-order valence-electron chi connectivity index (χ1n) is 12.3. The van der Waals surface area contributed by atoms with Gasteiger partial charge < -0.3 is 19.5 Å². The average Bonchev–Trinajstić information content (AvgIpc) is 3.19. The number of nitrogens with zero attached hydrogens (tertiary/aromatic N) is 2. The standard InChI is InChI=1S/C28H37N3O3/c1-7-22(8-2)27(32)29-26-23-13-14-31(18-21-16-19(5)15-20(6)17-21)24(23)11-12-25(26)34-28(33)30(9-3)10-4/h11-17,22H,7-10,18H2,1-6H3,(H,29,32). The van der Waals surface area contributed by atoms with E-state index in [1.807, 2.05) is 46.0 Å². The molecule has 6 nitrogen and oxygen atoms in total. The molecule has 0 atom stereocenters. The van der Waals surface area contributed by atoms with Crippen molar-refractivity contribution < 1.29 is 14.3 Å². The molecule has 2 aromatic carbocycles. The van der Waals surface area contributed by atoms with Crippen molar-refractivity contribution in [1.82, 2.24) is 9.47 Å². The molecule has 0 saturated carbocycles. The minimum atomic E-state index is -0.419. The number of carbonyl (C=O) groups excluding carboxylic acids is 2. The van der Waals surface area contributed by atoms with Gasteiger partial charge in [0.25, 0.3) is 0 Å². The average molecular weight is 464 g/mol. The zero-order chi connectivity index (χ0) is 24.8. The fourth-order valence-corrected chi connectivity index (χ4v) is 4.49. The molecule has 2 amide bonds. The summed E-state index contributed by atoms with van der Waals surface area (Å²) >= 11 is 0. The van der Waals surface area contributed by atoms with Gasteiger partial charge in [-0.1, -0.05) is 43.2 Å². The monoisotopic (exact) mass is 463 g/mol. The second-order valence-corrected chi connectivity index (χ2v) is 8.85. The molecule has 0 unspecified atom stereocenters. The third-order valence-electron chi connectivity index (χ3n) is 6.37. The van der Waals surface area contributed by atoms with Crippen molar-refractivity contribution >= 4 is 28.6 Å². The molecule has 34 heavy (non-hydrogen) atoms. The predicted octanol–water partition coefficient (Wildman–Crippen LogP) is 6.52. The van der Waals surface area contributed by atoms with Gasteiger partial charge in [0.1, 0.15) is 0 Å². The Labute approximate surface area is 202 Å². The van der Waals surface area contributed by atoms with Crippen LogP contribution in [0.4, 0.5) is 10.5 Å². The van der Waals surface area contributed by atoms with E-state index in [2.05, 4.69) is 41.9 Å². The summed E-state index contributed by atoms with van der Waals surface area (Å²) < 4.78 is 7.93. The number of aromatic nitrogens is 1. The Hall–Kier alpha value is -3.28. The lowest BCUT2D eigenvalue weighted by Crippen LogP contribution is -2.33. The lowest BCUT2D eigenvalue weighted by Gasteiger charge is -2.21. The number of nitrogens with one attached hydrogen (secondary N) is 1. The van der Waals surface area contributed by atoms with Crippen LogP contribution in [0.25, 0.3) is 10.9 Å². The van der Waals surface area contributed by atoms with Crippen LogP contribution in [0.2, 0.25) is 0 Å². The van der Waals surface area contributed by atoms with Gasteiger partial charge in [-0.05, 0) is 64.3 Å². The molecule has 0 saturated heterocycles. The van der Waals surface area contributed by atoms with Crippen LogP contribution in [-0.2, 0) is 11.3 Å². The molecule has 3 rings (SSSR count). The van der Waals surface area contributed by atoms with E-state index in [9.17, 15) is 9.59 Å². The zero-order valence-electron chi connectivity index (χ0n) is 21.3. The van der Waals surface area contributed by atoms with E-state index in [0.717, 1.165) is 23.7 Å². The minimum Gasteiger partial charge on any atom is -0.408 e. The summed E-state index contributed by atoms with van der Waals surface area (Å²) in [5.41, 5.74) is 5.20. The van der Waals surface area contributed by atoms with E-state index in [4.69, 9.17) is 4.74 Å². The molecular weight excluding hydrogens is 426 g/mol. The van der Waals surface area contributed by atoms with Crippen LogP contribution in [0.1, 0.15) is 57.2 Å². The number of benzene rings is 2. The zero-order valence-corrected chi connectivity index (χ0v) is 21.3. The van der Waals surface area contributed by atoms with Crippen molar-refractivity contribution in [2.75, 3.05) is 18.4 Å². The first-order chi connectivity index (χ1) is 16.3. The lowest BCUT2D eigenvalue weighted by atomic mass is 10.0. The Morgan fingerprint density at radius 3 is 2.21 bits per heavy atom. The van der Waals surface area contributed by atoms with E-state index >= 15 is 0 Å². The van der Waals surface area contributed by atoms with Gasteiger partial charge in [-0.3, -0.25) is 4.79 Å². The molecule has 0 aliphatic carbocycles. The summed E-state index contributed by atoms with van der Waals surface area (Å²) in [4.78, 5) is 27.3. The maximum atomic E-state index is 13.0. The molecule has 3 aromatic rings. The van der Waals surface area contributed by atoms with Gasteiger partial charge in [-0.15, -0.1) is 0 Å². The topological polar surface area (TPSA) is 63.6 Å². The van der Waals surface area contributed by atoms with E-state index in [1.165, 1.54) is 16.7 Å². The minimum absolute atomic E-state index is 0.0558. The second-order valence-electron chi connectivity index (χ2n) is 8.85. The van der Waals surface area contributed by atoms with Gasteiger partial charge in [0, 0.05) is 37.1 Å². The van der Waals surface area contributed by atoms with Gasteiger partial charge >= 0.3 is 6.09 Å². The van der Waals surface area contributed by atoms with Crippen molar-refractivity contribution in [3.63, 3.8) is 0 Å². The van der Waals surface area contributed by atoms with Crippen molar-refractivity contribution in [3.8, 4) is 5.75 Å². The molecule has 0 bridgehead atoms. The van der Waals surface area contributed by atoms with Crippen molar-refractivity contribution in [2.24, 2.45) is 5.92 Å². The van der Waals surface area contributed by atoms with Crippen LogP contribution in [0.15, 0.2) is 42.6 Å². The van der Waals surface area contributed by atoms with Gasteiger partial charge in [-0.25, -0.2) is 4.79 Å². The van der Waals surface area contributed by atoms with Gasteiger partial charge in [0.2, 0.25) is 5.91 Å². The summed E-state index contributed by atoms with van der Waals surface area (Å²) in [5.74, 6) is 0.214. The van der Waals surface area contributed by atoms with Gasteiger partial charge in [0.15, 0.2) is 5.75 Å². The number of ether oxygens (including phenoxy) is 1. The van der Waals surface area contributed by atoms with Crippen LogP contribution in [0.5, 0.6) is 5.75 Å². The van der Waals surface area contributed by atoms with Gasteiger partial charge in [-0.2, -0.15) is 0 Å². The van der Waals surface area contributed by atoms with E-state index in [-0.39, 0.29) is 11.8 Å². The molecule has 1 heterocycles. The lowest BCUT2D eigenvalue weighted by molar-refractivity contribution is -0.120. The highest BCUT2D eigenvalue weighted by Crippen LogP contribution is 2.35. The Balaban J connectivity index is 2.03. The SMILES string of the molecule is CCC(CC)C(=O)Nc1c(OC(=O)N(CC)CC)ccc2c1ccn2Cc1cc(C)cc(C)c1. The Kier molecular flexibility index (Phi) is 8.37. The molecular formula is C28H37N3O3. The molecule has 0 fully saturated rings. The summed E-state index contributed by atoms with van der Waals surface area (Å²) in [6.07, 6.45) is 3.10. The van der Waals surface area contributed by atoms with Crippen LogP contribution >= 0.6 is 0 Å². The smallest absolute Gasteiger partial charge is 0.408 e. The summed E-state index contributed by atoms with van der Waals surface area (Å²) in [6, 6.07) is 12.3. The van der Waals surface area contributed by atoms with E-state index in [0.29, 0.717) is 31.1 Å². The highest BCUT2D eigenvalue weighted by atomic mass is 16.6. The fraction of sp³-hybridized carbons (Fsp3) is 0.429. The van der Waals surface area contributed by atoms with E-state index < -0.39 is 6.09 Å². The number of aryl methyl sites for hydroxylation is 2. The summed E-state index contributed by atoms with van der Waals surface area (Å²) in [6.45, 7) is 13.9. The third-order valence-corrected chi connectivity index (χ3v) is 6.37. The molecule has 0 spiro atoms. The third kappa shape index (κ3) is 5.61. The molecule has 182 valence electrons. The Morgan fingerprint density at radius 2 is 1.62 bits per heavy atom. The Morgan fingerprint density at radius 1 is 0.971 bits per heavy atom. The molecule has 0 aliphatic heterocycles. The second kappa shape index (κ2) is 11.2. The van der Waals surface area contributed by atoms with Gasteiger partial charge in [0.05, 0.1) is 11.2 Å². The maximum absolute atomic E-state index is 13.0. The van der Waals surface area contributed by atoms with Crippen molar-refractivity contribution in [2.45, 2.75) is 60.9 Å². The molecule has 0 radical (unpaired) electrons. The number of anilines is 1. The van der Waals surface area contributed by atoms with Crippen LogP contribution in [0, 0.1) is 19.8 Å². The van der Waals surface area contributed by atoms with Crippen molar-refractivity contribution in [3.05, 3.63) is 59.3 Å². The summed E-state index contributed by atoms with van der Waals surface area (Å²) in [5, 5.41) is 3.94. The number of hydrogen-bond donors (Lipinski definition) is 1. The fourth-order valence-electron chi connectivity index (χ4n) is 4.49.